The number of halogens is 1. The van der Waals surface area contributed by atoms with E-state index in [9.17, 15) is 0 Å². The summed E-state index contributed by atoms with van der Waals surface area (Å²) >= 11 is 3.31. The van der Waals surface area contributed by atoms with Gasteiger partial charge in [0, 0.05) is 10.0 Å². The first-order valence-electron chi connectivity index (χ1n) is 4.88. The molecule has 0 nitrogen and oxygen atoms in total. The summed E-state index contributed by atoms with van der Waals surface area (Å²) in [7, 11) is 0. The Morgan fingerprint density at radius 3 is 1.41 bits per heavy atom. The molecule has 0 fully saturated rings. The van der Waals surface area contributed by atoms with Crippen molar-refractivity contribution in [1.82, 2.24) is 0 Å². The van der Waals surface area contributed by atoms with Gasteiger partial charge in [0.05, 0.1) is 0 Å². The lowest BCUT2D eigenvalue weighted by Gasteiger charge is -1.82. The summed E-state index contributed by atoms with van der Waals surface area (Å²) in [5, 5.41) is 0. The molecule has 0 aliphatic carbocycles. The normalized spacial score (nSPS) is 7.41. The molecule has 84 valence electrons. The zero-order chi connectivity index (χ0) is 12.9. The maximum Gasteiger partial charge on any atom is 0.0242 e. The van der Waals surface area contributed by atoms with Crippen LogP contribution in [0.4, 0.5) is 0 Å². The highest BCUT2D eigenvalue weighted by atomic mass is 79.9. The van der Waals surface area contributed by atoms with Gasteiger partial charge in [-0.05, 0) is 24.3 Å². The number of terminal acetylenes is 2. The monoisotopic (exact) mass is 284 g/mol. The molecular weight excluding hydrogens is 272 g/mol. The van der Waals surface area contributed by atoms with Crippen LogP contribution in [0.25, 0.3) is 0 Å². The van der Waals surface area contributed by atoms with Crippen molar-refractivity contribution in [2.75, 3.05) is 0 Å². The van der Waals surface area contributed by atoms with E-state index in [1.54, 1.807) is 0 Å². The third-order valence-corrected chi connectivity index (χ3v) is 2.20. The van der Waals surface area contributed by atoms with Crippen LogP contribution in [0.3, 0.4) is 0 Å². The molecular formula is C16H13Br. The molecule has 0 aliphatic rings. The van der Waals surface area contributed by atoms with E-state index in [0.29, 0.717) is 0 Å². The molecule has 0 unspecified atom stereocenters. The molecule has 0 aromatic heterocycles. The van der Waals surface area contributed by atoms with Gasteiger partial charge in [-0.2, -0.15) is 0 Å². The summed E-state index contributed by atoms with van der Waals surface area (Å²) in [6.45, 7) is 0. The van der Waals surface area contributed by atoms with Crippen molar-refractivity contribution >= 4 is 15.9 Å². The number of hydrogen-bond donors (Lipinski definition) is 0. The summed E-state index contributed by atoms with van der Waals surface area (Å²) in [6, 6.07) is 19.6. The second-order valence-electron chi connectivity index (χ2n) is 2.81. The molecule has 0 bridgehead atoms. The number of benzene rings is 2. The van der Waals surface area contributed by atoms with Crippen molar-refractivity contribution in [2.45, 2.75) is 0 Å². The zero-order valence-corrected chi connectivity index (χ0v) is 11.0. The van der Waals surface area contributed by atoms with Crippen LogP contribution in [0.15, 0.2) is 65.1 Å². The first-order valence-corrected chi connectivity index (χ1v) is 5.68. The molecule has 2 aromatic carbocycles. The fourth-order valence-corrected chi connectivity index (χ4v) is 1.25. The van der Waals surface area contributed by atoms with Crippen molar-refractivity contribution in [2.24, 2.45) is 0 Å². The summed E-state index contributed by atoms with van der Waals surface area (Å²) < 4.78 is 1.13. The summed E-state index contributed by atoms with van der Waals surface area (Å²) in [5.41, 5.74) is 0.938. The van der Waals surface area contributed by atoms with Crippen molar-refractivity contribution in [3.05, 3.63) is 70.7 Å². The molecule has 0 N–H and O–H groups in total. The minimum Gasteiger partial charge on any atom is -0.124 e. The van der Waals surface area contributed by atoms with Crippen molar-refractivity contribution < 1.29 is 0 Å². The maximum absolute atomic E-state index is 5.10. The Hall–Kier alpha value is -1.96. The predicted molar refractivity (Wildman–Crippen MR) is 78.4 cm³/mol. The van der Waals surface area contributed by atoms with Crippen LogP contribution < -0.4 is 0 Å². The molecule has 0 saturated carbocycles. The fraction of sp³-hybridized carbons (Fsp3) is 0. The quantitative estimate of drug-likeness (QED) is 0.631. The van der Waals surface area contributed by atoms with Gasteiger partial charge in [-0.15, -0.1) is 19.3 Å². The Bertz CT molecular complexity index is 449. The molecule has 17 heavy (non-hydrogen) atoms. The summed E-state index contributed by atoms with van der Waals surface area (Å²) in [5.74, 6) is 2.53. The predicted octanol–water partition coefficient (Wildman–Crippen LogP) is 4.37. The Morgan fingerprint density at radius 2 is 1.18 bits per heavy atom. The first kappa shape index (κ1) is 15.0. The molecule has 1 heteroatoms. The third kappa shape index (κ3) is 7.91. The van der Waals surface area contributed by atoms with Gasteiger partial charge in [0.2, 0.25) is 0 Å². The van der Waals surface area contributed by atoms with E-state index >= 15 is 0 Å². The summed E-state index contributed by atoms with van der Waals surface area (Å²) in [6.07, 6.45) is 13.1. The first-order chi connectivity index (χ1) is 8.33. The van der Waals surface area contributed by atoms with Crippen LogP contribution in [0, 0.1) is 25.2 Å². The van der Waals surface area contributed by atoms with Crippen LogP contribution in [-0.4, -0.2) is 0 Å². The average Bonchev–Trinajstić information content (AvgIpc) is 2.43. The molecule has 0 saturated heterocycles. The van der Waals surface area contributed by atoms with Gasteiger partial charge in [0.1, 0.15) is 0 Å². The Balaban J connectivity index is 0.000000265. The largest absolute Gasteiger partial charge is 0.124 e. The van der Waals surface area contributed by atoms with Crippen molar-refractivity contribution in [3.8, 4) is 25.2 Å². The van der Waals surface area contributed by atoms with E-state index in [1.807, 2.05) is 60.7 Å². The molecule has 0 atom stereocenters. The molecule has 0 aliphatic heterocycles. The highest BCUT2D eigenvalue weighted by Crippen LogP contribution is 2.05. The lowest BCUT2D eigenvalue weighted by atomic mass is 10.2. The highest BCUT2D eigenvalue weighted by molar-refractivity contribution is 9.10. The van der Waals surface area contributed by atoms with Gasteiger partial charge in [-0.1, -0.05) is 58.2 Å². The van der Waals surface area contributed by atoms with Crippen LogP contribution >= 0.6 is 15.9 Å². The van der Waals surface area contributed by atoms with E-state index in [4.69, 9.17) is 6.42 Å². The Morgan fingerprint density at radius 1 is 0.765 bits per heavy atom. The van der Waals surface area contributed by atoms with Gasteiger partial charge in [-0.3, -0.25) is 0 Å². The lowest BCUT2D eigenvalue weighted by Crippen LogP contribution is -1.66. The molecule has 0 radical (unpaired) electrons. The van der Waals surface area contributed by atoms with Gasteiger partial charge in [-0.25, -0.2) is 0 Å². The molecule has 0 heterocycles. The molecule has 2 aromatic rings. The second-order valence-corrected chi connectivity index (χ2v) is 3.72. The zero-order valence-electron chi connectivity index (χ0n) is 9.38. The number of hydrogen-bond acceptors (Lipinski definition) is 0. The topological polar surface area (TPSA) is 0 Å². The summed E-state index contributed by atoms with van der Waals surface area (Å²) in [4.78, 5) is 0. The van der Waals surface area contributed by atoms with Gasteiger partial charge in [0.25, 0.3) is 0 Å². The van der Waals surface area contributed by atoms with Crippen molar-refractivity contribution in [1.29, 1.82) is 0 Å². The van der Waals surface area contributed by atoms with Crippen molar-refractivity contribution in [3.63, 3.8) is 0 Å². The standard InChI is InChI=1S/C8H6.C6H5Br.C2H2/c1-2-8-6-4-3-5-7-8;7-6-4-2-1-3-5-6;1-2/h1,3-7H;1-5H;1-2H. The second kappa shape index (κ2) is 10.6. The van der Waals surface area contributed by atoms with Gasteiger partial charge >= 0.3 is 0 Å². The smallest absolute Gasteiger partial charge is 0.0242 e. The van der Waals surface area contributed by atoms with E-state index in [1.165, 1.54) is 0 Å². The highest BCUT2D eigenvalue weighted by Gasteiger charge is 1.76. The minimum atomic E-state index is 0.938. The lowest BCUT2D eigenvalue weighted by molar-refractivity contribution is 1.65. The van der Waals surface area contributed by atoms with Crippen LogP contribution in [0.2, 0.25) is 0 Å². The molecule has 0 amide bonds. The van der Waals surface area contributed by atoms with Crippen LogP contribution in [-0.2, 0) is 0 Å². The fourth-order valence-electron chi connectivity index (χ4n) is 0.949. The average molecular weight is 285 g/mol. The Labute approximate surface area is 112 Å². The SMILES string of the molecule is Brc1ccccc1.C#C.C#Cc1ccccc1. The van der Waals surface area contributed by atoms with Crippen LogP contribution in [0.1, 0.15) is 5.56 Å². The van der Waals surface area contributed by atoms with E-state index in [-0.39, 0.29) is 0 Å². The van der Waals surface area contributed by atoms with Crippen LogP contribution in [0.5, 0.6) is 0 Å². The maximum atomic E-state index is 5.10. The third-order valence-electron chi connectivity index (χ3n) is 1.67. The molecule has 0 spiro atoms. The molecule has 2 rings (SSSR count). The van der Waals surface area contributed by atoms with E-state index < -0.39 is 0 Å². The Kier molecular flexibility index (Phi) is 9.34. The van der Waals surface area contributed by atoms with Gasteiger partial charge in [0.15, 0.2) is 0 Å². The minimum absolute atomic E-state index is 0.938. The van der Waals surface area contributed by atoms with E-state index in [0.717, 1.165) is 10.0 Å². The van der Waals surface area contributed by atoms with Gasteiger partial charge < -0.3 is 0 Å². The number of rotatable bonds is 0. The van der Waals surface area contributed by atoms with E-state index in [2.05, 4.69) is 34.7 Å².